The number of hydrogen-bond acceptors (Lipinski definition) is 4. The summed E-state index contributed by atoms with van der Waals surface area (Å²) in [6.45, 7) is 7.15. The third kappa shape index (κ3) is 5.29. The van der Waals surface area contributed by atoms with Crippen molar-refractivity contribution in [2.75, 3.05) is 19.6 Å². The third-order valence-electron chi connectivity index (χ3n) is 5.44. The standard InChI is InChI=1S/C20H29N5O2/c1-14-9-11-25(12-10-14)17(16-6-4-3-5-15(16)2)13-21-19(26)8-7-18-22-20(27)24-23-18/h3-6,14,17H,7-13H2,1-2H3,(H,21,26)(H2,22,23,24,27). The highest BCUT2D eigenvalue weighted by Crippen LogP contribution is 2.28. The Hall–Kier alpha value is -2.41. The second kappa shape index (κ2) is 8.99. The predicted molar refractivity (Wildman–Crippen MR) is 104 cm³/mol. The van der Waals surface area contributed by atoms with Crippen molar-refractivity contribution >= 4 is 5.91 Å². The topological polar surface area (TPSA) is 93.9 Å². The molecule has 1 fully saturated rings. The smallest absolute Gasteiger partial charge is 0.340 e. The maximum absolute atomic E-state index is 12.3. The van der Waals surface area contributed by atoms with Crippen molar-refractivity contribution < 1.29 is 4.79 Å². The van der Waals surface area contributed by atoms with Crippen LogP contribution in [0, 0.1) is 12.8 Å². The minimum absolute atomic E-state index is 0.0252. The number of benzene rings is 1. The monoisotopic (exact) mass is 371 g/mol. The highest BCUT2D eigenvalue weighted by atomic mass is 16.2. The Labute approximate surface area is 159 Å². The number of carbonyl (C=O) groups excluding carboxylic acids is 1. The molecular formula is C20H29N5O2. The van der Waals surface area contributed by atoms with Gasteiger partial charge in [-0.25, -0.2) is 9.89 Å². The summed E-state index contributed by atoms with van der Waals surface area (Å²) in [6.07, 6.45) is 3.12. The van der Waals surface area contributed by atoms with Gasteiger partial charge in [-0.1, -0.05) is 31.2 Å². The molecule has 146 valence electrons. The summed E-state index contributed by atoms with van der Waals surface area (Å²) in [4.78, 5) is 28.4. The van der Waals surface area contributed by atoms with Gasteiger partial charge in [0.05, 0.1) is 6.04 Å². The summed E-state index contributed by atoms with van der Waals surface area (Å²) in [5.41, 5.74) is 2.19. The Morgan fingerprint density at radius 2 is 2.07 bits per heavy atom. The maximum atomic E-state index is 12.3. The van der Waals surface area contributed by atoms with Gasteiger partial charge in [0.1, 0.15) is 5.82 Å². The molecule has 1 saturated heterocycles. The number of rotatable bonds is 7. The van der Waals surface area contributed by atoms with Crippen molar-refractivity contribution in [2.24, 2.45) is 5.92 Å². The average Bonchev–Trinajstić information content (AvgIpc) is 3.08. The first-order chi connectivity index (χ1) is 13.0. The summed E-state index contributed by atoms with van der Waals surface area (Å²) < 4.78 is 0. The van der Waals surface area contributed by atoms with E-state index in [2.05, 4.69) is 63.5 Å². The lowest BCUT2D eigenvalue weighted by Crippen LogP contribution is -2.42. The van der Waals surface area contributed by atoms with Crippen LogP contribution in [0.4, 0.5) is 0 Å². The normalized spacial score (nSPS) is 17.0. The van der Waals surface area contributed by atoms with Crippen molar-refractivity contribution in [1.82, 2.24) is 25.4 Å². The van der Waals surface area contributed by atoms with Crippen molar-refractivity contribution in [1.29, 1.82) is 0 Å². The Bertz CT molecular complexity index is 804. The molecule has 1 atom stereocenters. The van der Waals surface area contributed by atoms with E-state index in [-0.39, 0.29) is 17.6 Å². The summed E-state index contributed by atoms with van der Waals surface area (Å²) in [5, 5.41) is 9.24. The number of likely N-dealkylation sites (tertiary alicyclic amines) is 1. The third-order valence-corrected chi connectivity index (χ3v) is 5.44. The lowest BCUT2D eigenvalue weighted by atomic mass is 9.94. The lowest BCUT2D eigenvalue weighted by molar-refractivity contribution is -0.121. The fraction of sp³-hybridized carbons (Fsp3) is 0.550. The van der Waals surface area contributed by atoms with Crippen LogP contribution in [0.15, 0.2) is 29.1 Å². The number of piperidine rings is 1. The number of nitrogens with zero attached hydrogens (tertiary/aromatic N) is 2. The zero-order valence-corrected chi connectivity index (χ0v) is 16.1. The molecule has 0 saturated carbocycles. The number of hydrogen-bond donors (Lipinski definition) is 3. The molecule has 7 nitrogen and oxygen atoms in total. The molecule has 1 aromatic carbocycles. The van der Waals surface area contributed by atoms with Gasteiger partial charge in [-0.2, -0.15) is 5.10 Å². The van der Waals surface area contributed by atoms with Gasteiger partial charge >= 0.3 is 5.69 Å². The van der Waals surface area contributed by atoms with E-state index in [1.165, 1.54) is 24.0 Å². The van der Waals surface area contributed by atoms with Gasteiger partial charge in [-0.15, -0.1) is 0 Å². The number of H-pyrrole nitrogens is 2. The van der Waals surface area contributed by atoms with Gasteiger partial charge < -0.3 is 5.32 Å². The highest BCUT2D eigenvalue weighted by molar-refractivity contribution is 5.76. The number of nitrogens with one attached hydrogen (secondary N) is 3. The zero-order valence-electron chi connectivity index (χ0n) is 16.1. The molecule has 2 aromatic rings. The Kier molecular flexibility index (Phi) is 6.45. The Balaban J connectivity index is 1.61. The van der Waals surface area contributed by atoms with Crippen LogP contribution in [0.25, 0.3) is 0 Å². The zero-order chi connectivity index (χ0) is 19.2. The predicted octanol–water partition coefficient (Wildman–Crippen LogP) is 1.93. The SMILES string of the molecule is Cc1ccccc1C(CNC(=O)CCc1n[nH]c(=O)[nH]1)N1CCC(C)CC1. The van der Waals surface area contributed by atoms with Gasteiger partial charge in [0.2, 0.25) is 5.91 Å². The molecule has 0 bridgehead atoms. The van der Waals surface area contributed by atoms with E-state index in [0.29, 0.717) is 25.2 Å². The van der Waals surface area contributed by atoms with Gasteiger partial charge in [0, 0.05) is 19.4 Å². The first kappa shape index (κ1) is 19.4. The molecule has 1 aliphatic rings. The molecule has 3 rings (SSSR count). The average molecular weight is 371 g/mol. The number of aromatic nitrogens is 3. The summed E-state index contributed by atoms with van der Waals surface area (Å²) >= 11 is 0. The summed E-state index contributed by atoms with van der Waals surface area (Å²) in [6, 6.07) is 8.60. The fourth-order valence-electron chi connectivity index (χ4n) is 3.69. The molecular weight excluding hydrogens is 342 g/mol. The van der Waals surface area contributed by atoms with E-state index in [1.807, 2.05) is 0 Å². The summed E-state index contributed by atoms with van der Waals surface area (Å²) in [7, 11) is 0. The first-order valence-corrected chi connectivity index (χ1v) is 9.72. The van der Waals surface area contributed by atoms with E-state index in [1.54, 1.807) is 0 Å². The second-order valence-corrected chi connectivity index (χ2v) is 7.52. The molecule has 0 radical (unpaired) electrons. The fourth-order valence-corrected chi connectivity index (χ4v) is 3.69. The van der Waals surface area contributed by atoms with Crippen molar-refractivity contribution in [3.8, 4) is 0 Å². The van der Waals surface area contributed by atoms with Crippen molar-refractivity contribution in [2.45, 2.75) is 45.6 Å². The molecule has 3 N–H and O–H groups in total. The van der Waals surface area contributed by atoms with Crippen LogP contribution in [-0.4, -0.2) is 45.6 Å². The van der Waals surface area contributed by atoms with Gasteiger partial charge in [-0.05, 0) is 49.9 Å². The minimum atomic E-state index is -0.343. The van der Waals surface area contributed by atoms with Crippen molar-refractivity contribution in [3.63, 3.8) is 0 Å². The quantitative estimate of drug-likeness (QED) is 0.693. The van der Waals surface area contributed by atoms with Crippen LogP contribution in [0.2, 0.25) is 0 Å². The number of amides is 1. The van der Waals surface area contributed by atoms with Crippen LogP contribution < -0.4 is 11.0 Å². The molecule has 0 spiro atoms. The highest BCUT2D eigenvalue weighted by Gasteiger charge is 2.26. The van der Waals surface area contributed by atoms with E-state index >= 15 is 0 Å². The Morgan fingerprint density at radius 3 is 2.74 bits per heavy atom. The van der Waals surface area contributed by atoms with E-state index < -0.39 is 0 Å². The molecule has 1 unspecified atom stereocenters. The first-order valence-electron chi connectivity index (χ1n) is 9.72. The molecule has 27 heavy (non-hydrogen) atoms. The molecule has 1 aromatic heterocycles. The van der Waals surface area contributed by atoms with E-state index in [0.717, 1.165) is 19.0 Å². The second-order valence-electron chi connectivity index (χ2n) is 7.52. The molecule has 1 aliphatic heterocycles. The van der Waals surface area contributed by atoms with Gasteiger partial charge in [0.25, 0.3) is 0 Å². The lowest BCUT2D eigenvalue weighted by Gasteiger charge is -2.37. The molecule has 0 aliphatic carbocycles. The number of carbonyl (C=O) groups is 1. The van der Waals surface area contributed by atoms with E-state index in [4.69, 9.17) is 0 Å². The van der Waals surface area contributed by atoms with Gasteiger partial charge in [-0.3, -0.25) is 14.7 Å². The Morgan fingerprint density at radius 1 is 1.33 bits per heavy atom. The number of aromatic amines is 2. The molecule has 7 heteroatoms. The van der Waals surface area contributed by atoms with Crippen LogP contribution in [0.3, 0.4) is 0 Å². The molecule has 2 heterocycles. The van der Waals surface area contributed by atoms with E-state index in [9.17, 15) is 9.59 Å². The van der Waals surface area contributed by atoms with Crippen LogP contribution in [-0.2, 0) is 11.2 Å². The molecule has 1 amide bonds. The van der Waals surface area contributed by atoms with Crippen LogP contribution in [0.1, 0.15) is 49.2 Å². The minimum Gasteiger partial charge on any atom is -0.354 e. The van der Waals surface area contributed by atoms with Crippen LogP contribution in [0.5, 0.6) is 0 Å². The van der Waals surface area contributed by atoms with Crippen LogP contribution >= 0.6 is 0 Å². The maximum Gasteiger partial charge on any atom is 0.340 e. The summed E-state index contributed by atoms with van der Waals surface area (Å²) in [5.74, 6) is 1.25. The number of aryl methyl sites for hydroxylation is 2. The largest absolute Gasteiger partial charge is 0.354 e. The van der Waals surface area contributed by atoms with Crippen molar-refractivity contribution in [3.05, 3.63) is 51.7 Å². The van der Waals surface area contributed by atoms with Gasteiger partial charge in [0.15, 0.2) is 0 Å².